The monoisotopic (exact) mass is 281 g/mol. The molecule has 0 aliphatic rings. The molecule has 0 atom stereocenters. The Morgan fingerprint density at radius 3 is 2.90 bits per heavy atom. The maximum atomic E-state index is 10.5. The molecule has 2 aromatic rings. The summed E-state index contributed by atoms with van der Waals surface area (Å²) >= 11 is 0. The van der Waals surface area contributed by atoms with Gasteiger partial charge < -0.3 is 18.9 Å². The van der Waals surface area contributed by atoms with Crippen LogP contribution in [-0.2, 0) is 11.2 Å². The van der Waals surface area contributed by atoms with E-state index in [4.69, 9.17) is 13.6 Å². The molecule has 8 nitrogen and oxygen atoms in total. The van der Waals surface area contributed by atoms with Crippen molar-refractivity contribution in [2.75, 3.05) is 26.8 Å². The first kappa shape index (κ1) is 14.2. The fraction of sp³-hybridized carbons (Fsp3) is 0.417. The van der Waals surface area contributed by atoms with E-state index in [9.17, 15) is 10.1 Å². The van der Waals surface area contributed by atoms with Gasteiger partial charge in [-0.15, -0.1) is 0 Å². The van der Waals surface area contributed by atoms with Crippen molar-refractivity contribution in [2.45, 2.75) is 6.42 Å². The lowest BCUT2D eigenvalue weighted by Gasteiger charge is -2.00. The van der Waals surface area contributed by atoms with Crippen LogP contribution in [0.4, 0.5) is 5.88 Å². The zero-order valence-corrected chi connectivity index (χ0v) is 11.0. The number of hydrogen-bond acceptors (Lipinski definition) is 7. The fourth-order valence-corrected chi connectivity index (χ4v) is 1.59. The summed E-state index contributed by atoms with van der Waals surface area (Å²) in [5, 5.41) is 13.7. The lowest BCUT2D eigenvalue weighted by molar-refractivity contribution is -0.401. The standard InChI is InChI=1S/C12H15N3O5/c1-18-7-6-13-5-4-11-14-8-10(19-11)9-2-3-12(20-9)15(16)17/h2-3,8,13H,4-7H2,1H3. The Kier molecular flexibility index (Phi) is 4.85. The van der Waals surface area contributed by atoms with Crippen LogP contribution < -0.4 is 5.32 Å². The first-order valence-electron chi connectivity index (χ1n) is 6.09. The van der Waals surface area contributed by atoms with Crippen LogP contribution >= 0.6 is 0 Å². The fourth-order valence-electron chi connectivity index (χ4n) is 1.59. The van der Waals surface area contributed by atoms with E-state index in [1.54, 1.807) is 7.11 Å². The zero-order chi connectivity index (χ0) is 14.4. The maximum absolute atomic E-state index is 10.5. The Balaban J connectivity index is 1.89. The van der Waals surface area contributed by atoms with Crippen LogP contribution in [0.2, 0.25) is 0 Å². The molecule has 2 rings (SSSR count). The molecule has 0 saturated heterocycles. The quantitative estimate of drug-likeness (QED) is 0.445. The summed E-state index contributed by atoms with van der Waals surface area (Å²) in [6, 6.07) is 2.77. The second-order valence-corrected chi connectivity index (χ2v) is 4.01. The van der Waals surface area contributed by atoms with Gasteiger partial charge in [0.05, 0.1) is 18.9 Å². The van der Waals surface area contributed by atoms with E-state index >= 15 is 0 Å². The van der Waals surface area contributed by atoms with Gasteiger partial charge in [-0.3, -0.25) is 10.1 Å². The molecule has 0 bridgehead atoms. The molecular weight excluding hydrogens is 266 g/mol. The van der Waals surface area contributed by atoms with E-state index in [1.807, 2.05) is 0 Å². The normalized spacial score (nSPS) is 10.8. The average Bonchev–Trinajstić information content (AvgIpc) is 3.07. The van der Waals surface area contributed by atoms with E-state index in [0.717, 1.165) is 6.54 Å². The molecule has 0 aliphatic carbocycles. The third-order valence-corrected chi connectivity index (χ3v) is 2.57. The van der Waals surface area contributed by atoms with E-state index in [1.165, 1.54) is 18.3 Å². The van der Waals surface area contributed by atoms with Crippen LogP contribution in [0, 0.1) is 10.1 Å². The lowest BCUT2D eigenvalue weighted by Crippen LogP contribution is -2.21. The molecule has 0 unspecified atom stereocenters. The van der Waals surface area contributed by atoms with Gasteiger partial charge in [-0.25, -0.2) is 4.98 Å². The molecule has 20 heavy (non-hydrogen) atoms. The molecule has 0 radical (unpaired) electrons. The predicted octanol–water partition coefficient (Wildman–Crippen LogP) is 1.62. The van der Waals surface area contributed by atoms with E-state index in [-0.39, 0.29) is 5.88 Å². The van der Waals surface area contributed by atoms with Crippen molar-refractivity contribution in [1.82, 2.24) is 10.3 Å². The van der Waals surface area contributed by atoms with Gasteiger partial charge in [0.2, 0.25) is 0 Å². The molecular formula is C12H15N3O5. The van der Waals surface area contributed by atoms with E-state index < -0.39 is 4.92 Å². The Hall–Kier alpha value is -2.19. The molecule has 8 heteroatoms. The largest absolute Gasteiger partial charge is 0.437 e. The van der Waals surface area contributed by atoms with E-state index in [0.29, 0.717) is 37.0 Å². The summed E-state index contributed by atoms with van der Waals surface area (Å²) < 4.78 is 15.4. The van der Waals surface area contributed by atoms with Gasteiger partial charge in [-0.2, -0.15) is 0 Å². The number of nitrogens with zero attached hydrogens (tertiary/aromatic N) is 2. The second-order valence-electron chi connectivity index (χ2n) is 4.01. The number of furan rings is 1. The van der Waals surface area contributed by atoms with E-state index in [2.05, 4.69) is 10.3 Å². The van der Waals surface area contributed by atoms with Gasteiger partial charge in [0.15, 0.2) is 17.4 Å². The molecule has 0 aromatic carbocycles. The smallest absolute Gasteiger partial charge is 0.433 e. The zero-order valence-electron chi connectivity index (χ0n) is 11.0. The van der Waals surface area contributed by atoms with Crippen molar-refractivity contribution in [3.63, 3.8) is 0 Å². The van der Waals surface area contributed by atoms with Crippen molar-refractivity contribution in [3.8, 4) is 11.5 Å². The molecule has 0 amide bonds. The summed E-state index contributed by atoms with van der Waals surface area (Å²) in [6.07, 6.45) is 2.11. The summed E-state index contributed by atoms with van der Waals surface area (Å²) in [5.41, 5.74) is 0. The summed E-state index contributed by atoms with van der Waals surface area (Å²) in [7, 11) is 1.64. The number of aromatic nitrogens is 1. The number of oxazole rings is 1. The number of hydrogen-bond donors (Lipinski definition) is 1. The Morgan fingerprint density at radius 1 is 1.35 bits per heavy atom. The van der Waals surface area contributed by atoms with Crippen LogP contribution in [-0.4, -0.2) is 36.7 Å². The summed E-state index contributed by atoms with van der Waals surface area (Å²) in [6.45, 7) is 2.11. The number of rotatable bonds is 8. The van der Waals surface area contributed by atoms with Crippen LogP contribution in [0.5, 0.6) is 0 Å². The van der Waals surface area contributed by atoms with Gasteiger partial charge in [0.1, 0.15) is 4.92 Å². The maximum Gasteiger partial charge on any atom is 0.433 e. The lowest BCUT2D eigenvalue weighted by atomic mass is 10.4. The highest BCUT2D eigenvalue weighted by molar-refractivity contribution is 5.50. The molecule has 108 valence electrons. The molecule has 2 aromatic heterocycles. The topological polar surface area (TPSA) is 104 Å². The van der Waals surface area contributed by atoms with Crippen LogP contribution in [0.15, 0.2) is 27.2 Å². The number of ether oxygens (including phenoxy) is 1. The Bertz CT molecular complexity index is 563. The molecule has 0 spiro atoms. The Labute approximate surface area is 114 Å². The first-order valence-corrected chi connectivity index (χ1v) is 6.09. The summed E-state index contributed by atoms with van der Waals surface area (Å²) in [4.78, 5) is 14.0. The van der Waals surface area contributed by atoms with Gasteiger partial charge in [-0.1, -0.05) is 0 Å². The third kappa shape index (κ3) is 3.65. The highest BCUT2D eigenvalue weighted by atomic mass is 16.6. The average molecular weight is 281 g/mol. The van der Waals surface area contributed by atoms with Crippen molar-refractivity contribution in [2.24, 2.45) is 0 Å². The molecule has 1 N–H and O–H groups in total. The number of nitrogens with one attached hydrogen (secondary N) is 1. The second kappa shape index (κ2) is 6.83. The van der Waals surface area contributed by atoms with Crippen molar-refractivity contribution < 1.29 is 18.5 Å². The van der Waals surface area contributed by atoms with Crippen molar-refractivity contribution in [3.05, 3.63) is 34.3 Å². The van der Waals surface area contributed by atoms with Gasteiger partial charge in [-0.05, 0) is 6.07 Å². The minimum absolute atomic E-state index is 0.294. The predicted molar refractivity (Wildman–Crippen MR) is 69.3 cm³/mol. The summed E-state index contributed by atoms with van der Waals surface area (Å²) in [5.74, 6) is 0.899. The van der Waals surface area contributed by atoms with Crippen molar-refractivity contribution >= 4 is 5.88 Å². The molecule has 2 heterocycles. The van der Waals surface area contributed by atoms with Crippen molar-refractivity contribution in [1.29, 1.82) is 0 Å². The van der Waals surface area contributed by atoms with Gasteiger partial charge in [0.25, 0.3) is 0 Å². The number of nitro groups is 1. The van der Waals surface area contributed by atoms with Crippen LogP contribution in [0.3, 0.4) is 0 Å². The van der Waals surface area contributed by atoms with Gasteiger partial charge >= 0.3 is 5.88 Å². The van der Waals surface area contributed by atoms with Crippen LogP contribution in [0.25, 0.3) is 11.5 Å². The minimum atomic E-state index is -0.597. The highest BCUT2D eigenvalue weighted by Crippen LogP contribution is 2.26. The first-order chi connectivity index (χ1) is 9.70. The Morgan fingerprint density at radius 2 is 2.20 bits per heavy atom. The molecule has 0 aliphatic heterocycles. The number of methoxy groups -OCH3 is 1. The van der Waals surface area contributed by atoms with Gasteiger partial charge in [0, 0.05) is 26.6 Å². The van der Waals surface area contributed by atoms with Crippen LogP contribution in [0.1, 0.15) is 5.89 Å². The molecule has 0 fully saturated rings. The highest BCUT2D eigenvalue weighted by Gasteiger charge is 2.16. The SMILES string of the molecule is COCCNCCc1ncc(-c2ccc([N+](=O)[O-])o2)o1. The third-order valence-electron chi connectivity index (χ3n) is 2.57. The minimum Gasteiger partial charge on any atom is -0.437 e. The molecule has 0 saturated carbocycles.